The van der Waals surface area contributed by atoms with Crippen LogP contribution in [0.1, 0.15) is 17.7 Å². The second-order valence-electron chi connectivity index (χ2n) is 4.99. The van der Waals surface area contributed by atoms with E-state index in [1.165, 1.54) is 4.90 Å². The molecular formula is C14H19N3O4. The first-order valence-corrected chi connectivity index (χ1v) is 6.82. The van der Waals surface area contributed by atoms with E-state index >= 15 is 0 Å². The maximum Gasteiger partial charge on any atom is 0.318 e. The van der Waals surface area contributed by atoms with Crippen LogP contribution in [0.5, 0.6) is 0 Å². The highest BCUT2D eigenvalue weighted by molar-refractivity contribution is 5.76. The van der Waals surface area contributed by atoms with Crippen LogP contribution in [0.4, 0.5) is 4.79 Å². The lowest BCUT2D eigenvalue weighted by Crippen LogP contribution is -2.53. The smallest absolute Gasteiger partial charge is 0.318 e. The molecule has 2 rings (SSSR count). The number of ether oxygens (including phenoxy) is 1. The van der Waals surface area contributed by atoms with Crippen LogP contribution in [-0.4, -0.2) is 52.8 Å². The lowest BCUT2D eigenvalue weighted by atomic mass is 10.1. The molecule has 0 bridgehead atoms. The van der Waals surface area contributed by atoms with Gasteiger partial charge in [-0.3, -0.25) is 9.78 Å². The van der Waals surface area contributed by atoms with Gasteiger partial charge in [0, 0.05) is 25.0 Å². The molecule has 114 valence electrons. The number of carbonyl (C=O) groups is 2. The Bertz CT molecular complexity index is 503. The Kier molecular flexibility index (Phi) is 5.10. The molecule has 7 heteroatoms. The zero-order valence-corrected chi connectivity index (χ0v) is 11.9. The minimum atomic E-state index is -0.939. The molecule has 1 atom stereocenters. The molecule has 0 aromatic carbocycles. The van der Waals surface area contributed by atoms with Gasteiger partial charge in [-0.1, -0.05) is 6.07 Å². The summed E-state index contributed by atoms with van der Waals surface area (Å²) in [6.45, 7) is 3.34. The van der Waals surface area contributed by atoms with Crippen LogP contribution in [0.2, 0.25) is 0 Å². The minimum Gasteiger partial charge on any atom is -0.481 e. The Morgan fingerprint density at radius 1 is 1.52 bits per heavy atom. The number of carboxylic acids is 1. The molecule has 1 aliphatic rings. The number of aryl methyl sites for hydroxylation is 1. The number of carboxylic acid groups (broad SMARTS) is 1. The molecule has 7 nitrogen and oxygen atoms in total. The van der Waals surface area contributed by atoms with E-state index in [0.29, 0.717) is 19.7 Å². The van der Waals surface area contributed by atoms with E-state index in [4.69, 9.17) is 9.84 Å². The number of hydrogen-bond acceptors (Lipinski definition) is 4. The third-order valence-corrected chi connectivity index (χ3v) is 3.32. The van der Waals surface area contributed by atoms with Crippen molar-refractivity contribution in [2.24, 2.45) is 0 Å². The standard InChI is InChI=1S/C14H19N3O4/c1-10-2-3-11(7-15-10)8-16-14(20)17-4-5-21-9-12(17)6-13(18)19/h2-3,7,12H,4-6,8-9H2,1H3,(H,16,20)(H,18,19). The fraction of sp³-hybridized carbons (Fsp3) is 0.500. The van der Waals surface area contributed by atoms with Gasteiger partial charge in [0.1, 0.15) is 0 Å². The highest BCUT2D eigenvalue weighted by atomic mass is 16.5. The van der Waals surface area contributed by atoms with Gasteiger partial charge in [0.2, 0.25) is 0 Å². The van der Waals surface area contributed by atoms with Crippen molar-refractivity contribution in [2.75, 3.05) is 19.8 Å². The quantitative estimate of drug-likeness (QED) is 0.855. The largest absolute Gasteiger partial charge is 0.481 e. The summed E-state index contributed by atoms with van der Waals surface area (Å²) in [5.41, 5.74) is 1.82. The number of urea groups is 1. The number of hydrogen-bond donors (Lipinski definition) is 2. The first-order chi connectivity index (χ1) is 10.1. The highest BCUT2D eigenvalue weighted by Crippen LogP contribution is 2.11. The van der Waals surface area contributed by atoms with Gasteiger partial charge in [-0.2, -0.15) is 0 Å². The topological polar surface area (TPSA) is 91.8 Å². The number of morpholine rings is 1. The molecule has 0 saturated carbocycles. The van der Waals surface area contributed by atoms with Crippen molar-refractivity contribution < 1.29 is 19.4 Å². The van der Waals surface area contributed by atoms with E-state index in [-0.39, 0.29) is 19.1 Å². The van der Waals surface area contributed by atoms with E-state index in [0.717, 1.165) is 11.3 Å². The van der Waals surface area contributed by atoms with Crippen molar-refractivity contribution in [3.8, 4) is 0 Å². The summed E-state index contributed by atoms with van der Waals surface area (Å²) in [4.78, 5) is 28.7. The summed E-state index contributed by atoms with van der Waals surface area (Å²) in [6, 6.07) is 3.08. The molecule has 0 aliphatic carbocycles. The number of amides is 2. The zero-order chi connectivity index (χ0) is 15.2. The Morgan fingerprint density at radius 3 is 3.00 bits per heavy atom. The molecule has 1 aliphatic heterocycles. The predicted molar refractivity (Wildman–Crippen MR) is 74.8 cm³/mol. The van der Waals surface area contributed by atoms with Gasteiger partial charge in [0.15, 0.2) is 0 Å². The number of nitrogens with zero attached hydrogens (tertiary/aromatic N) is 2. The van der Waals surface area contributed by atoms with E-state index in [2.05, 4.69) is 10.3 Å². The van der Waals surface area contributed by atoms with E-state index < -0.39 is 12.0 Å². The SMILES string of the molecule is Cc1ccc(CNC(=O)N2CCOCC2CC(=O)O)cn1. The Morgan fingerprint density at radius 2 is 2.33 bits per heavy atom. The second-order valence-corrected chi connectivity index (χ2v) is 4.99. The van der Waals surface area contributed by atoms with Gasteiger partial charge >= 0.3 is 12.0 Å². The summed E-state index contributed by atoms with van der Waals surface area (Å²) in [7, 11) is 0. The molecule has 1 aromatic rings. The van der Waals surface area contributed by atoms with Gasteiger partial charge in [-0.05, 0) is 18.6 Å². The van der Waals surface area contributed by atoms with Crippen molar-refractivity contribution in [2.45, 2.75) is 25.9 Å². The zero-order valence-electron chi connectivity index (χ0n) is 11.9. The van der Waals surface area contributed by atoms with Crippen LogP contribution in [0, 0.1) is 6.92 Å². The lowest BCUT2D eigenvalue weighted by Gasteiger charge is -2.34. The Balaban J connectivity index is 1.91. The maximum atomic E-state index is 12.2. The summed E-state index contributed by atoms with van der Waals surface area (Å²) in [6.07, 6.45) is 1.60. The number of rotatable bonds is 4. The average Bonchev–Trinajstić information content (AvgIpc) is 2.46. The first-order valence-electron chi connectivity index (χ1n) is 6.82. The third-order valence-electron chi connectivity index (χ3n) is 3.32. The Hall–Kier alpha value is -2.15. The number of nitrogens with one attached hydrogen (secondary N) is 1. The monoisotopic (exact) mass is 293 g/mol. The van der Waals surface area contributed by atoms with Gasteiger partial charge < -0.3 is 20.1 Å². The van der Waals surface area contributed by atoms with Crippen LogP contribution in [0.25, 0.3) is 0 Å². The Labute approximate surface area is 122 Å². The van der Waals surface area contributed by atoms with Crippen molar-refractivity contribution >= 4 is 12.0 Å². The highest BCUT2D eigenvalue weighted by Gasteiger charge is 2.28. The fourth-order valence-corrected chi connectivity index (χ4v) is 2.18. The number of pyridine rings is 1. The van der Waals surface area contributed by atoms with Crippen molar-refractivity contribution in [1.29, 1.82) is 0 Å². The van der Waals surface area contributed by atoms with Gasteiger partial charge in [-0.25, -0.2) is 4.79 Å². The molecular weight excluding hydrogens is 274 g/mol. The maximum absolute atomic E-state index is 12.2. The van der Waals surface area contributed by atoms with Crippen LogP contribution < -0.4 is 5.32 Å². The molecule has 21 heavy (non-hydrogen) atoms. The molecule has 1 aromatic heterocycles. The summed E-state index contributed by atoms with van der Waals surface area (Å²) in [5, 5.41) is 11.7. The van der Waals surface area contributed by atoms with Gasteiger partial charge in [0.05, 0.1) is 25.7 Å². The third kappa shape index (κ3) is 4.42. The van der Waals surface area contributed by atoms with Crippen molar-refractivity contribution in [1.82, 2.24) is 15.2 Å². The summed E-state index contributed by atoms with van der Waals surface area (Å²) in [5.74, 6) is -0.939. The number of aliphatic carboxylic acids is 1. The number of carbonyl (C=O) groups excluding carboxylic acids is 1. The molecule has 0 radical (unpaired) electrons. The van der Waals surface area contributed by atoms with Gasteiger partial charge in [0.25, 0.3) is 0 Å². The first kappa shape index (κ1) is 15.2. The van der Waals surface area contributed by atoms with Crippen LogP contribution >= 0.6 is 0 Å². The molecule has 1 saturated heterocycles. The second kappa shape index (κ2) is 7.03. The molecule has 2 N–H and O–H groups in total. The fourth-order valence-electron chi connectivity index (χ4n) is 2.18. The normalized spacial score (nSPS) is 18.3. The van der Waals surface area contributed by atoms with Crippen molar-refractivity contribution in [3.05, 3.63) is 29.6 Å². The molecule has 0 spiro atoms. The van der Waals surface area contributed by atoms with E-state index in [9.17, 15) is 9.59 Å². The molecule has 1 fully saturated rings. The summed E-state index contributed by atoms with van der Waals surface area (Å²) < 4.78 is 5.24. The predicted octanol–water partition coefficient (Wildman–Crippen LogP) is 0.775. The average molecular weight is 293 g/mol. The van der Waals surface area contributed by atoms with Gasteiger partial charge in [-0.15, -0.1) is 0 Å². The molecule has 1 unspecified atom stereocenters. The number of aromatic nitrogens is 1. The van der Waals surface area contributed by atoms with Crippen LogP contribution in [-0.2, 0) is 16.1 Å². The van der Waals surface area contributed by atoms with E-state index in [1.54, 1.807) is 6.20 Å². The van der Waals surface area contributed by atoms with E-state index in [1.807, 2.05) is 19.1 Å². The van der Waals surface area contributed by atoms with Crippen LogP contribution in [0.15, 0.2) is 18.3 Å². The molecule has 2 heterocycles. The minimum absolute atomic E-state index is 0.112. The summed E-state index contributed by atoms with van der Waals surface area (Å²) >= 11 is 0. The van der Waals surface area contributed by atoms with Crippen molar-refractivity contribution in [3.63, 3.8) is 0 Å². The van der Waals surface area contributed by atoms with Crippen LogP contribution in [0.3, 0.4) is 0 Å². The lowest BCUT2D eigenvalue weighted by molar-refractivity contribution is -0.139. The molecule has 2 amide bonds.